The first-order valence-electron chi connectivity index (χ1n) is 7.40. The molecule has 0 spiro atoms. The Morgan fingerprint density at radius 1 is 1.25 bits per heavy atom. The van der Waals surface area contributed by atoms with Crippen molar-refractivity contribution in [3.63, 3.8) is 0 Å². The van der Waals surface area contributed by atoms with Crippen LogP contribution >= 0.6 is 11.6 Å². The summed E-state index contributed by atoms with van der Waals surface area (Å²) >= 11 is 5.93. The Morgan fingerprint density at radius 2 is 1.96 bits per heavy atom. The maximum atomic E-state index is 12.4. The van der Waals surface area contributed by atoms with E-state index in [1.54, 1.807) is 12.1 Å². The van der Waals surface area contributed by atoms with Gasteiger partial charge in [0.05, 0.1) is 11.8 Å². The van der Waals surface area contributed by atoms with Gasteiger partial charge in [-0.2, -0.15) is 5.10 Å². The highest BCUT2D eigenvalue weighted by molar-refractivity contribution is 6.30. The van der Waals surface area contributed by atoms with E-state index in [-0.39, 0.29) is 18.5 Å². The first-order valence-corrected chi connectivity index (χ1v) is 7.78. The highest BCUT2D eigenvalue weighted by Gasteiger charge is 2.32. The van der Waals surface area contributed by atoms with Crippen LogP contribution in [0.25, 0.3) is 10.4 Å². The molecule has 1 amide bonds. The molecule has 0 radical (unpaired) electrons. The van der Waals surface area contributed by atoms with Crippen LogP contribution in [0.5, 0.6) is 0 Å². The third-order valence-electron chi connectivity index (χ3n) is 3.80. The van der Waals surface area contributed by atoms with E-state index in [4.69, 9.17) is 17.1 Å². The van der Waals surface area contributed by atoms with Crippen molar-refractivity contribution in [2.75, 3.05) is 6.54 Å². The van der Waals surface area contributed by atoms with E-state index < -0.39 is 0 Å². The highest BCUT2D eigenvalue weighted by atomic mass is 35.5. The molecule has 120 valence electrons. The Bertz CT molecular complexity index is 813. The topological polar surface area (TPSA) is 81.4 Å². The molecular formula is C17H14ClN5O. The molecule has 0 N–H and O–H groups in total. The van der Waals surface area contributed by atoms with Gasteiger partial charge in [0.2, 0.25) is 5.91 Å². The van der Waals surface area contributed by atoms with Crippen LogP contribution in [-0.2, 0) is 4.79 Å². The molecule has 0 aliphatic carbocycles. The van der Waals surface area contributed by atoms with Gasteiger partial charge in [-0.1, -0.05) is 59.2 Å². The number of hydrogen-bond donors (Lipinski definition) is 0. The van der Waals surface area contributed by atoms with E-state index in [0.717, 1.165) is 16.8 Å². The van der Waals surface area contributed by atoms with Crippen molar-refractivity contribution < 1.29 is 4.79 Å². The Hall–Kier alpha value is -2.82. The fourth-order valence-corrected chi connectivity index (χ4v) is 2.78. The van der Waals surface area contributed by atoms with Gasteiger partial charge >= 0.3 is 0 Å². The minimum Gasteiger partial charge on any atom is -0.273 e. The number of nitrogens with zero attached hydrogens (tertiary/aromatic N) is 5. The van der Waals surface area contributed by atoms with Crippen LogP contribution in [-0.4, -0.2) is 23.2 Å². The fraction of sp³-hybridized carbons (Fsp3) is 0.176. The van der Waals surface area contributed by atoms with Crippen LogP contribution in [0.3, 0.4) is 0 Å². The number of halogens is 1. The lowest BCUT2D eigenvalue weighted by molar-refractivity contribution is -0.131. The van der Waals surface area contributed by atoms with E-state index >= 15 is 0 Å². The molecule has 0 bridgehead atoms. The van der Waals surface area contributed by atoms with Gasteiger partial charge in [-0.05, 0) is 28.8 Å². The minimum absolute atomic E-state index is 0.210. The van der Waals surface area contributed by atoms with Gasteiger partial charge in [-0.25, -0.2) is 5.01 Å². The first kappa shape index (κ1) is 16.1. The van der Waals surface area contributed by atoms with Crippen LogP contribution in [0.4, 0.5) is 0 Å². The zero-order chi connectivity index (χ0) is 16.9. The van der Waals surface area contributed by atoms with E-state index in [1.807, 2.05) is 42.5 Å². The molecule has 1 aliphatic rings. The van der Waals surface area contributed by atoms with Gasteiger partial charge in [0.15, 0.2) is 0 Å². The number of rotatable bonds is 4. The number of benzene rings is 2. The van der Waals surface area contributed by atoms with E-state index in [2.05, 4.69) is 15.1 Å². The van der Waals surface area contributed by atoms with Crippen LogP contribution in [0.1, 0.15) is 23.6 Å². The molecule has 1 atom stereocenters. The lowest BCUT2D eigenvalue weighted by Crippen LogP contribution is -2.28. The molecule has 2 aromatic rings. The normalized spacial score (nSPS) is 16.5. The van der Waals surface area contributed by atoms with Crippen LogP contribution in [0, 0.1) is 0 Å². The molecule has 0 unspecified atom stereocenters. The average Bonchev–Trinajstić information content (AvgIpc) is 3.06. The van der Waals surface area contributed by atoms with Crippen molar-refractivity contribution in [2.24, 2.45) is 10.2 Å². The third-order valence-corrected chi connectivity index (χ3v) is 4.05. The Balaban J connectivity index is 1.93. The monoisotopic (exact) mass is 339 g/mol. The average molecular weight is 340 g/mol. The summed E-state index contributed by atoms with van der Waals surface area (Å²) in [5, 5.41) is 9.89. The molecule has 24 heavy (non-hydrogen) atoms. The molecule has 6 nitrogen and oxygen atoms in total. The van der Waals surface area contributed by atoms with Crippen LogP contribution in [0.2, 0.25) is 5.02 Å². The minimum atomic E-state index is -0.328. The van der Waals surface area contributed by atoms with Gasteiger partial charge in [-0.3, -0.25) is 4.79 Å². The number of amides is 1. The quantitative estimate of drug-likeness (QED) is 0.463. The predicted octanol–water partition coefficient (Wildman–Crippen LogP) is 4.33. The summed E-state index contributed by atoms with van der Waals surface area (Å²) in [6.07, 6.45) is 0.591. The van der Waals surface area contributed by atoms with E-state index in [9.17, 15) is 4.79 Å². The van der Waals surface area contributed by atoms with Crippen molar-refractivity contribution >= 4 is 23.2 Å². The standard InChI is InChI=1S/C17H14ClN5O/c18-14-8-6-12(7-9-14)15-10-16(13-4-2-1-3-5-13)23(21-15)17(24)11-20-22-19/h1-9,16H,10-11H2/t16-/m1/s1. The molecule has 1 heterocycles. The smallest absolute Gasteiger partial charge is 0.249 e. The molecular weight excluding hydrogens is 326 g/mol. The number of hydrogen-bond acceptors (Lipinski definition) is 3. The summed E-state index contributed by atoms with van der Waals surface area (Å²) in [5.74, 6) is -0.328. The molecule has 0 saturated carbocycles. The van der Waals surface area contributed by atoms with Gasteiger partial charge in [0.25, 0.3) is 0 Å². The summed E-state index contributed by atoms with van der Waals surface area (Å²) in [6, 6.07) is 16.8. The Morgan fingerprint density at radius 3 is 2.62 bits per heavy atom. The summed E-state index contributed by atoms with van der Waals surface area (Å²) in [4.78, 5) is 15.0. The number of hydrazone groups is 1. The van der Waals surface area contributed by atoms with Gasteiger partial charge < -0.3 is 0 Å². The van der Waals surface area contributed by atoms with Crippen LogP contribution < -0.4 is 0 Å². The lowest BCUT2D eigenvalue weighted by Gasteiger charge is -2.21. The molecule has 0 saturated heterocycles. The highest BCUT2D eigenvalue weighted by Crippen LogP contribution is 2.32. The molecule has 2 aromatic carbocycles. The molecule has 7 heteroatoms. The largest absolute Gasteiger partial charge is 0.273 e. The van der Waals surface area contributed by atoms with Crippen molar-refractivity contribution in [2.45, 2.75) is 12.5 Å². The molecule has 1 aliphatic heterocycles. The second kappa shape index (κ2) is 7.17. The fourth-order valence-electron chi connectivity index (χ4n) is 2.66. The van der Waals surface area contributed by atoms with Gasteiger partial charge in [0, 0.05) is 16.4 Å². The number of carbonyl (C=O) groups excluding carboxylic acids is 1. The van der Waals surface area contributed by atoms with Crippen molar-refractivity contribution in [1.82, 2.24) is 5.01 Å². The Kier molecular flexibility index (Phi) is 4.79. The molecule has 0 aromatic heterocycles. The zero-order valence-electron chi connectivity index (χ0n) is 12.7. The van der Waals surface area contributed by atoms with E-state index in [1.165, 1.54) is 5.01 Å². The first-order chi connectivity index (χ1) is 11.7. The predicted molar refractivity (Wildman–Crippen MR) is 92.6 cm³/mol. The zero-order valence-corrected chi connectivity index (χ0v) is 13.5. The molecule has 0 fully saturated rings. The van der Waals surface area contributed by atoms with Crippen molar-refractivity contribution in [1.29, 1.82) is 0 Å². The van der Waals surface area contributed by atoms with Gasteiger partial charge in [-0.15, -0.1) is 0 Å². The maximum Gasteiger partial charge on any atom is 0.249 e. The van der Waals surface area contributed by atoms with Crippen LogP contribution in [0.15, 0.2) is 64.8 Å². The van der Waals surface area contributed by atoms with Gasteiger partial charge in [0.1, 0.15) is 6.54 Å². The summed E-state index contributed by atoms with van der Waals surface area (Å²) in [6.45, 7) is -0.253. The Labute approximate surface area is 144 Å². The second-order valence-corrected chi connectivity index (χ2v) is 5.75. The number of carbonyl (C=O) groups is 1. The third kappa shape index (κ3) is 3.40. The summed E-state index contributed by atoms with van der Waals surface area (Å²) in [5.41, 5.74) is 11.1. The summed E-state index contributed by atoms with van der Waals surface area (Å²) in [7, 11) is 0. The summed E-state index contributed by atoms with van der Waals surface area (Å²) < 4.78 is 0. The van der Waals surface area contributed by atoms with Crippen molar-refractivity contribution in [3.05, 3.63) is 81.2 Å². The molecule has 3 rings (SSSR count). The van der Waals surface area contributed by atoms with Crippen molar-refractivity contribution in [3.8, 4) is 0 Å². The second-order valence-electron chi connectivity index (χ2n) is 5.31. The lowest BCUT2D eigenvalue weighted by atomic mass is 9.98. The van der Waals surface area contributed by atoms with E-state index in [0.29, 0.717) is 11.4 Å². The maximum absolute atomic E-state index is 12.4. The SMILES string of the molecule is [N-]=[N+]=NCC(=O)N1N=C(c2ccc(Cl)cc2)C[C@@H]1c1ccccc1. The number of azide groups is 1.